The molecule has 1 N–H and O–H groups in total. The van der Waals surface area contributed by atoms with Crippen LogP contribution in [0.2, 0.25) is 0 Å². The Balaban J connectivity index is 1.32. The second kappa shape index (κ2) is 10.6. The van der Waals surface area contributed by atoms with E-state index in [4.69, 9.17) is 9.84 Å². The number of ether oxygens (including phenoxy) is 1. The largest absolute Gasteiger partial charge is 0.478 e. The van der Waals surface area contributed by atoms with E-state index in [1.165, 1.54) is 38.1 Å². The van der Waals surface area contributed by atoms with Crippen LogP contribution in [-0.2, 0) is 11.3 Å². The van der Waals surface area contributed by atoms with E-state index in [-0.39, 0.29) is 22.4 Å². The molecule has 0 atom stereocenters. The molecule has 1 amide bonds. The van der Waals surface area contributed by atoms with Crippen molar-refractivity contribution in [2.75, 3.05) is 24.5 Å². The maximum Gasteiger partial charge on any atom is 0.335 e. The van der Waals surface area contributed by atoms with Gasteiger partial charge in [0.25, 0.3) is 0 Å². The molecule has 0 aromatic heterocycles. The molecule has 210 valence electrons. The van der Waals surface area contributed by atoms with E-state index < -0.39 is 23.5 Å². The first kappa shape index (κ1) is 27.7. The Bertz CT molecular complexity index is 1430. The SMILES string of the molecule is CC(C)(F)Oc1ccc(-c2ccc(F)cc2F)c(CN2CCC3(CC2)CC(=O)N(c2ccc(C(=O)O)cc2)C3)c1. The van der Waals surface area contributed by atoms with Gasteiger partial charge in [0.2, 0.25) is 11.8 Å². The molecule has 3 aromatic rings. The first-order chi connectivity index (χ1) is 18.9. The lowest BCUT2D eigenvalue weighted by atomic mass is 9.77. The van der Waals surface area contributed by atoms with E-state index in [0.29, 0.717) is 49.6 Å². The Kier molecular flexibility index (Phi) is 7.35. The Morgan fingerprint density at radius 1 is 1.00 bits per heavy atom. The van der Waals surface area contributed by atoms with Gasteiger partial charge in [-0.15, -0.1) is 0 Å². The second-order valence-corrected chi connectivity index (χ2v) is 11.2. The zero-order valence-corrected chi connectivity index (χ0v) is 22.4. The minimum Gasteiger partial charge on any atom is -0.478 e. The van der Waals surface area contributed by atoms with Crippen molar-refractivity contribution in [1.82, 2.24) is 4.90 Å². The number of hydrogen-bond donors (Lipinski definition) is 1. The van der Waals surface area contributed by atoms with Crippen LogP contribution in [0.1, 0.15) is 49.0 Å². The summed E-state index contributed by atoms with van der Waals surface area (Å²) in [7, 11) is 0. The maximum atomic E-state index is 14.7. The van der Waals surface area contributed by atoms with Crippen molar-refractivity contribution in [3.05, 3.63) is 83.4 Å². The molecule has 0 aliphatic carbocycles. The zero-order chi connectivity index (χ0) is 28.7. The highest BCUT2D eigenvalue weighted by Gasteiger charge is 2.45. The van der Waals surface area contributed by atoms with E-state index in [1.807, 2.05) is 0 Å². The number of amides is 1. The van der Waals surface area contributed by atoms with Gasteiger partial charge in [-0.2, -0.15) is 4.39 Å². The first-order valence-electron chi connectivity index (χ1n) is 13.2. The molecule has 5 rings (SSSR count). The summed E-state index contributed by atoms with van der Waals surface area (Å²) in [5, 5.41) is 9.15. The van der Waals surface area contributed by atoms with Gasteiger partial charge in [0.15, 0.2) is 0 Å². The number of alkyl halides is 1. The van der Waals surface area contributed by atoms with Gasteiger partial charge in [0.1, 0.15) is 17.4 Å². The number of carboxylic acids is 1. The van der Waals surface area contributed by atoms with Crippen molar-refractivity contribution >= 4 is 17.6 Å². The summed E-state index contributed by atoms with van der Waals surface area (Å²) >= 11 is 0. The fourth-order valence-electron chi connectivity index (χ4n) is 5.69. The number of carbonyl (C=O) groups excluding carboxylic acids is 1. The van der Waals surface area contributed by atoms with Gasteiger partial charge in [-0.25, -0.2) is 13.6 Å². The molecule has 3 aromatic carbocycles. The number of carboxylic acid groups (broad SMARTS) is 1. The summed E-state index contributed by atoms with van der Waals surface area (Å²) in [4.78, 5) is 28.1. The quantitative estimate of drug-likeness (QED) is 0.366. The van der Waals surface area contributed by atoms with E-state index >= 15 is 0 Å². The van der Waals surface area contributed by atoms with Crippen LogP contribution >= 0.6 is 0 Å². The van der Waals surface area contributed by atoms with Crippen LogP contribution in [0.5, 0.6) is 5.75 Å². The van der Waals surface area contributed by atoms with Gasteiger partial charge in [-0.1, -0.05) is 6.07 Å². The molecule has 2 fully saturated rings. The molecule has 0 radical (unpaired) electrons. The van der Waals surface area contributed by atoms with Gasteiger partial charge in [0, 0.05) is 50.7 Å². The summed E-state index contributed by atoms with van der Waals surface area (Å²) in [5.74, 6) is -3.93. The standard InChI is InChI=1S/C31H31F3N2O4/c1-30(2,34)40-24-8-10-25(26-9-5-22(32)16-27(26)33)21(15-24)18-35-13-11-31(12-14-35)17-28(37)36(19-31)23-6-3-20(4-7-23)29(38)39/h3-10,15-16H,11-14,17-19H2,1-2H3,(H,38,39). The highest BCUT2D eigenvalue weighted by Crippen LogP contribution is 2.43. The Labute approximate surface area is 231 Å². The summed E-state index contributed by atoms with van der Waals surface area (Å²) in [6, 6.07) is 14.7. The van der Waals surface area contributed by atoms with Gasteiger partial charge in [-0.3, -0.25) is 9.69 Å². The number of rotatable bonds is 7. The number of piperidine rings is 1. The van der Waals surface area contributed by atoms with Gasteiger partial charge in [-0.05, 0) is 91.0 Å². The summed E-state index contributed by atoms with van der Waals surface area (Å²) < 4.78 is 47.9. The predicted octanol–water partition coefficient (Wildman–Crippen LogP) is 6.43. The Morgan fingerprint density at radius 3 is 2.30 bits per heavy atom. The lowest BCUT2D eigenvalue weighted by Gasteiger charge is -2.39. The number of anilines is 1. The van der Waals surface area contributed by atoms with Gasteiger partial charge < -0.3 is 14.7 Å². The third-order valence-corrected chi connectivity index (χ3v) is 7.72. The number of hydrogen-bond acceptors (Lipinski definition) is 4. The number of halogens is 3. The van der Waals surface area contributed by atoms with Gasteiger partial charge >= 0.3 is 5.97 Å². The predicted molar refractivity (Wildman–Crippen MR) is 145 cm³/mol. The highest BCUT2D eigenvalue weighted by atomic mass is 19.2. The normalized spacial score (nSPS) is 17.4. The molecule has 0 bridgehead atoms. The Morgan fingerprint density at radius 2 is 1.68 bits per heavy atom. The van der Waals surface area contributed by atoms with Crippen LogP contribution < -0.4 is 9.64 Å². The summed E-state index contributed by atoms with van der Waals surface area (Å²) in [6.45, 7) is 5.01. The second-order valence-electron chi connectivity index (χ2n) is 11.2. The van der Waals surface area contributed by atoms with Crippen molar-refractivity contribution in [2.24, 2.45) is 5.41 Å². The molecule has 9 heteroatoms. The lowest BCUT2D eigenvalue weighted by Crippen LogP contribution is -2.41. The molecule has 2 saturated heterocycles. The third kappa shape index (κ3) is 5.99. The molecule has 0 unspecified atom stereocenters. The number of benzene rings is 3. The summed E-state index contributed by atoms with van der Waals surface area (Å²) in [6.07, 6.45) is 1.97. The van der Waals surface area contributed by atoms with E-state index in [9.17, 15) is 22.8 Å². The van der Waals surface area contributed by atoms with E-state index in [1.54, 1.807) is 35.2 Å². The van der Waals surface area contributed by atoms with Gasteiger partial charge in [0.05, 0.1) is 5.56 Å². The van der Waals surface area contributed by atoms with Crippen LogP contribution in [0.3, 0.4) is 0 Å². The van der Waals surface area contributed by atoms with E-state index in [0.717, 1.165) is 24.5 Å². The Hall–Kier alpha value is -3.85. The molecule has 6 nitrogen and oxygen atoms in total. The molecular weight excluding hydrogens is 521 g/mol. The monoisotopic (exact) mass is 552 g/mol. The molecule has 2 aliphatic heterocycles. The average molecular weight is 553 g/mol. The number of likely N-dealkylation sites (tertiary alicyclic amines) is 1. The van der Waals surface area contributed by atoms with Crippen LogP contribution in [-0.4, -0.2) is 47.4 Å². The van der Waals surface area contributed by atoms with Crippen LogP contribution in [0, 0.1) is 17.0 Å². The first-order valence-corrected chi connectivity index (χ1v) is 13.2. The topological polar surface area (TPSA) is 70.1 Å². The minimum atomic E-state index is -1.90. The maximum absolute atomic E-state index is 14.7. The molecule has 2 aliphatic rings. The fourth-order valence-corrected chi connectivity index (χ4v) is 5.69. The van der Waals surface area contributed by atoms with Crippen molar-refractivity contribution in [2.45, 2.75) is 45.5 Å². The van der Waals surface area contributed by atoms with Crippen LogP contribution in [0.4, 0.5) is 18.9 Å². The van der Waals surface area contributed by atoms with Crippen molar-refractivity contribution in [3.63, 3.8) is 0 Å². The minimum absolute atomic E-state index is 0.0179. The smallest absolute Gasteiger partial charge is 0.335 e. The molecule has 40 heavy (non-hydrogen) atoms. The number of carbonyl (C=O) groups is 2. The van der Waals surface area contributed by atoms with Crippen molar-refractivity contribution in [3.8, 4) is 16.9 Å². The number of aromatic carboxylic acids is 1. The van der Waals surface area contributed by atoms with E-state index in [2.05, 4.69) is 4.90 Å². The zero-order valence-electron chi connectivity index (χ0n) is 22.4. The van der Waals surface area contributed by atoms with Crippen molar-refractivity contribution in [1.29, 1.82) is 0 Å². The molecule has 0 saturated carbocycles. The van der Waals surface area contributed by atoms with Crippen LogP contribution in [0.25, 0.3) is 11.1 Å². The molecular formula is C31H31F3N2O4. The lowest BCUT2D eigenvalue weighted by molar-refractivity contribution is -0.118. The number of nitrogens with zero attached hydrogens (tertiary/aromatic N) is 2. The molecule has 1 spiro atoms. The van der Waals surface area contributed by atoms with Crippen LogP contribution in [0.15, 0.2) is 60.7 Å². The fraction of sp³-hybridized carbons (Fsp3) is 0.355. The highest BCUT2D eigenvalue weighted by molar-refractivity contribution is 5.97. The molecule has 2 heterocycles. The third-order valence-electron chi connectivity index (χ3n) is 7.72. The van der Waals surface area contributed by atoms with Crippen molar-refractivity contribution < 1.29 is 32.6 Å². The average Bonchev–Trinajstić information content (AvgIpc) is 3.21. The summed E-state index contributed by atoms with van der Waals surface area (Å²) in [5.41, 5.74) is 2.23.